The summed E-state index contributed by atoms with van der Waals surface area (Å²) >= 11 is 0. The van der Waals surface area contributed by atoms with Gasteiger partial charge in [-0.05, 0) is 65.5 Å². The molecule has 0 aromatic heterocycles. The fourth-order valence-corrected chi connectivity index (χ4v) is 3.50. The molecule has 4 bridgehead atoms. The second-order valence-electron chi connectivity index (χ2n) is 6.58. The van der Waals surface area contributed by atoms with Crippen LogP contribution in [0, 0.1) is 0 Å². The average Bonchev–Trinajstić information content (AvgIpc) is 2.59. The van der Waals surface area contributed by atoms with E-state index in [4.69, 9.17) is 0 Å². The van der Waals surface area contributed by atoms with E-state index in [1.807, 2.05) is 0 Å². The number of hydrogen-bond donors (Lipinski definition) is 0. The van der Waals surface area contributed by atoms with Crippen molar-refractivity contribution in [1.82, 2.24) is 0 Å². The van der Waals surface area contributed by atoms with Crippen LogP contribution in [0.5, 0.6) is 0 Å². The summed E-state index contributed by atoms with van der Waals surface area (Å²) < 4.78 is 0. The maximum atomic E-state index is 2.44. The highest BCUT2D eigenvalue weighted by molar-refractivity contribution is 5.38. The SMILES string of the molecule is c1ccc(Cc2cc3ccc2CCc2ccc(cc2)CC3)cc1. The van der Waals surface area contributed by atoms with E-state index in [1.54, 1.807) is 0 Å². The van der Waals surface area contributed by atoms with Gasteiger partial charge in [-0.1, -0.05) is 72.8 Å². The van der Waals surface area contributed by atoms with Gasteiger partial charge in [0.1, 0.15) is 0 Å². The standard InChI is InChI=1S/C23H22/c1-2-4-20(5-3-1)16-23-17-21-11-10-18-6-8-19(9-7-18)12-14-22(23)15-13-21/h1-9,13,15,17H,10-12,14,16H2. The Morgan fingerprint density at radius 3 is 1.91 bits per heavy atom. The fourth-order valence-electron chi connectivity index (χ4n) is 3.50. The monoisotopic (exact) mass is 298 g/mol. The summed E-state index contributed by atoms with van der Waals surface area (Å²) in [7, 11) is 0. The Hall–Kier alpha value is -2.34. The normalized spacial score (nSPS) is 13.6. The Kier molecular flexibility index (Phi) is 3.98. The lowest BCUT2D eigenvalue weighted by molar-refractivity contribution is 0.903. The molecule has 0 fully saturated rings. The molecule has 0 saturated carbocycles. The van der Waals surface area contributed by atoms with Gasteiger partial charge in [0.05, 0.1) is 0 Å². The lowest BCUT2D eigenvalue weighted by Crippen LogP contribution is -2.02. The molecule has 0 spiro atoms. The van der Waals surface area contributed by atoms with Gasteiger partial charge in [0.2, 0.25) is 0 Å². The molecule has 0 nitrogen and oxygen atoms in total. The van der Waals surface area contributed by atoms with Crippen molar-refractivity contribution in [3.05, 3.63) is 106 Å². The molecule has 0 saturated heterocycles. The zero-order valence-electron chi connectivity index (χ0n) is 13.5. The van der Waals surface area contributed by atoms with Crippen LogP contribution in [0.25, 0.3) is 0 Å². The van der Waals surface area contributed by atoms with E-state index >= 15 is 0 Å². The molecule has 0 unspecified atom stereocenters. The van der Waals surface area contributed by atoms with Crippen molar-refractivity contribution in [3.63, 3.8) is 0 Å². The molecule has 23 heavy (non-hydrogen) atoms. The van der Waals surface area contributed by atoms with Crippen molar-refractivity contribution in [2.24, 2.45) is 0 Å². The van der Waals surface area contributed by atoms with Gasteiger partial charge in [0.15, 0.2) is 0 Å². The van der Waals surface area contributed by atoms with Gasteiger partial charge in [-0.2, -0.15) is 0 Å². The number of aryl methyl sites for hydroxylation is 4. The second-order valence-corrected chi connectivity index (χ2v) is 6.58. The topological polar surface area (TPSA) is 0 Å². The Labute approximate surface area is 138 Å². The van der Waals surface area contributed by atoms with E-state index in [0.717, 1.165) is 32.1 Å². The average molecular weight is 298 g/mol. The van der Waals surface area contributed by atoms with Gasteiger partial charge in [-0.15, -0.1) is 0 Å². The summed E-state index contributed by atoms with van der Waals surface area (Å²) in [5, 5.41) is 0. The van der Waals surface area contributed by atoms with Crippen molar-refractivity contribution < 1.29 is 0 Å². The first kappa shape index (κ1) is 14.3. The predicted molar refractivity (Wildman–Crippen MR) is 96.9 cm³/mol. The first-order valence-electron chi connectivity index (χ1n) is 8.59. The molecule has 0 N–H and O–H groups in total. The summed E-state index contributed by atoms with van der Waals surface area (Å²) in [6.45, 7) is 0. The second kappa shape index (κ2) is 6.42. The van der Waals surface area contributed by atoms with Crippen molar-refractivity contribution >= 4 is 0 Å². The third-order valence-electron chi connectivity index (χ3n) is 4.92. The summed E-state index contributed by atoms with van der Waals surface area (Å²) in [5.41, 5.74) is 8.77. The van der Waals surface area contributed by atoms with Crippen LogP contribution in [0.1, 0.15) is 33.4 Å². The summed E-state index contributed by atoms with van der Waals surface area (Å²) in [4.78, 5) is 0. The molecule has 0 atom stereocenters. The van der Waals surface area contributed by atoms with E-state index in [2.05, 4.69) is 72.8 Å². The zero-order chi connectivity index (χ0) is 15.5. The molecule has 3 aromatic rings. The van der Waals surface area contributed by atoms with E-state index in [9.17, 15) is 0 Å². The van der Waals surface area contributed by atoms with Gasteiger partial charge in [0.25, 0.3) is 0 Å². The molecule has 3 aromatic carbocycles. The van der Waals surface area contributed by atoms with E-state index in [-0.39, 0.29) is 0 Å². The van der Waals surface area contributed by atoms with E-state index in [1.165, 1.54) is 33.4 Å². The lowest BCUT2D eigenvalue weighted by Gasteiger charge is -2.14. The zero-order valence-corrected chi connectivity index (χ0v) is 13.5. The highest BCUT2D eigenvalue weighted by Crippen LogP contribution is 2.21. The van der Waals surface area contributed by atoms with Crippen LogP contribution in [0.3, 0.4) is 0 Å². The molecule has 4 aliphatic carbocycles. The molecule has 0 radical (unpaired) electrons. The van der Waals surface area contributed by atoms with E-state index < -0.39 is 0 Å². The van der Waals surface area contributed by atoms with Gasteiger partial charge >= 0.3 is 0 Å². The molecule has 114 valence electrons. The summed E-state index contributed by atoms with van der Waals surface area (Å²) in [6, 6.07) is 27.2. The molecule has 4 aliphatic rings. The molecular weight excluding hydrogens is 276 g/mol. The first-order chi connectivity index (χ1) is 11.4. The number of benzene rings is 3. The first-order valence-corrected chi connectivity index (χ1v) is 8.59. The predicted octanol–water partition coefficient (Wildman–Crippen LogP) is 5.16. The molecule has 0 heteroatoms. The highest BCUT2D eigenvalue weighted by Gasteiger charge is 2.08. The smallest absolute Gasteiger partial charge is 0.00229 e. The third-order valence-corrected chi connectivity index (χ3v) is 4.92. The van der Waals surface area contributed by atoms with Crippen LogP contribution >= 0.6 is 0 Å². The van der Waals surface area contributed by atoms with Crippen LogP contribution in [-0.4, -0.2) is 0 Å². The maximum absolute atomic E-state index is 2.44. The number of hydrogen-bond acceptors (Lipinski definition) is 0. The molecule has 0 heterocycles. The molecule has 7 rings (SSSR count). The van der Waals surface area contributed by atoms with E-state index in [0.29, 0.717) is 0 Å². The minimum absolute atomic E-state index is 1.04. The minimum atomic E-state index is 1.04. The maximum Gasteiger partial charge on any atom is -0.00229 e. The molecular formula is C23H22. The van der Waals surface area contributed by atoms with Crippen molar-refractivity contribution in [3.8, 4) is 0 Å². The third kappa shape index (κ3) is 3.37. The highest BCUT2D eigenvalue weighted by atomic mass is 14.1. The summed E-state index contributed by atoms with van der Waals surface area (Å²) in [5.74, 6) is 0. The van der Waals surface area contributed by atoms with Gasteiger partial charge in [0, 0.05) is 0 Å². The van der Waals surface area contributed by atoms with Crippen LogP contribution in [-0.2, 0) is 32.1 Å². The minimum Gasteiger partial charge on any atom is -0.0622 e. The Bertz CT molecular complexity index is 782. The van der Waals surface area contributed by atoms with Gasteiger partial charge < -0.3 is 0 Å². The summed E-state index contributed by atoms with van der Waals surface area (Å²) in [6.07, 6.45) is 5.55. The fraction of sp³-hybridized carbons (Fsp3) is 0.217. The van der Waals surface area contributed by atoms with Crippen LogP contribution in [0.4, 0.5) is 0 Å². The van der Waals surface area contributed by atoms with Crippen molar-refractivity contribution in [2.75, 3.05) is 0 Å². The van der Waals surface area contributed by atoms with Gasteiger partial charge in [-0.3, -0.25) is 0 Å². The van der Waals surface area contributed by atoms with Crippen LogP contribution in [0.2, 0.25) is 0 Å². The Morgan fingerprint density at radius 1 is 0.565 bits per heavy atom. The Balaban J connectivity index is 1.68. The molecule has 0 aliphatic heterocycles. The van der Waals surface area contributed by atoms with Crippen molar-refractivity contribution in [2.45, 2.75) is 32.1 Å². The lowest BCUT2D eigenvalue weighted by atomic mass is 9.91. The van der Waals surface area contributed by atoms with Gasteiger partial charge in [-0.25, -0.2) is 0 Å². The van der Waals surface area contributed by atoms with Crippen LogP contribution in [0.15, 0.2) is 72.8 Å². The number of rotatable bonds is 2. The van der Waals surface area contributed by atoms with Crippen molar-refractivity contribution in [1.29, 1.82) is 0 Å². The quantitative estimate of drug-likeness (QED) is 0.613. The largest absolute Gasteiger partial charge is 0.0622 e. The molecule has 0 amide bonds. The van der Waals surface area contributed by atoms with Crippen LogP contribution < -0.4 is 0 Å². The Morgan fingerprint density at radius 2 is 1.17 bits per heavy atom.